The van der Waals surface area contributed by atoms with E-state index in [0.29, 0.717) is 6.42 Å². The molecule has 1 aromatic rings. The van der Waals surface area contributed by atoms with Gasteiger partial charge in [-0.15, -0.1) is 0 Å². The molecule has 1 fully saturated rings. The van der Waals surface area contributed by atoms with Crippen molar-refractivity contribution in [2.75, 3.05) is 19.8 Å². The molecule has 1 N–H and O–H groups in total. The monoisotopic (exact) mass is 289 g/mol. The highest BCUT2D eigenvalue weighted by molar-refractivity contribution is 5.70. The van der Waals surface area contributed by atoms with Crippen molar-refractivity contribution in [2.45, 2.75) is 18.6 Å². The van der Waals surface area contributed by atoms with E-state index < -0.39 is 23.9 Å². The van der Waals surface area contributed by atoms with Gasteiger partial charge in [-0.1, -0.05) is 18.2 Å². The molecule has 0 aromatic heterocycles. The second kappa shape index (κ2) is 5.70. The summed E-state index contributed by atoms with van der Waals surface area (Å²) in [6.07, 6.45) is -4.84. The van der Waals surface area contributed by atoms with Crippen LogP contribution in [0.4, 0.5) is 18.0 Å². The summed E-state index contributed by atoms with van der Waals surface area (Å²) in [4.78, 5) is 12.8. The molecule has 1 aromatic carbocycles. The number of benzene rings is 1. The third-order valence-corrected chi connectivity index (χ3v) is 3.16. The van der Waals surface area contributed by atoms with E-state index in [0.717, 1.165) is 6.07 Å². The van der Waals surface area contributed by atoms with E-state index in [1.807, 2.05) is 0 Å². The number of aliphatic hydroxyl groups excluding tert-OH is 1. The number of hydrogen-bond donors (Lipinski definition) is 1. The first kappa shape index (κ1) is 14.6. The lowest BCUT2D eigenvalue weighted by molar-refractivity contribution is -0.138. The fraction of sp³-hybridized carbons (Fsp3) is 0.462. The standard InChI is InChI=1S/C13H14F3NO3/c14-13(15,16)10-5-2-1-4-9(10)11-8-20-12(19)17(11)6-3-7-18/h1-2,4-5,11,18H,3,6-8H2. The van der Waals surface area contributed by atoms with Gasteiger partial charge in [-0.25, -0.2) is 4.79 Å². The summed E-state index contributed by atoms with van der Waals surface area (Å²) in [6, 6.07) is 4.37. The second-order valence-corrected chi connectivity index (χ2v) is 4.45. The molecule has 1 aliphatic heterocycles. The lowest BCUT2D eigenvalue weighted by Crippen LogP contribution is -2.30. The number of aliphatic hydroxyl groups is 1. The van der Waals surface area contributed by atoms with Crippen LogP contribution in [0.25, 0.3) is 0 Å². The van der Waals surface area contributed by atoms with E-state index in [4.69, 9.17) is 9.84 Å². The predicted octanol–water partition coefficient (Wildman–Crippen LogP) is 2.58. The van der Waals surface area contributed by atoms with Gasteiger partial charge in [0.25, 0.3) is 0 Å². The highest BCUT2D eigenvalue weighted by Gasteiger charge is 2.40. The van der Waals surface area contributed by atoms with Gasteiger partial charge < -0.3 is 9.84 Å². The van der Waals surface area contributed by atoms with E-state index in [-0.39, 0.29) is 25.3 Å². The summed E-state index contributed by atoms with van der Waals surface area (Å²) < 4.78 is 43.8. The number of nitrogens with zero attached hydrogens (tertiary/aromatic N) is 1. The van der Waals surface area contributed by atoms with E-state index in [9.17, 15) is 18.0 Å². The van der Waals surface area contributed by atoms with E-state index in [1.54, 1.807) is 0 Å². The van der Waals surface area contributed by atoms with Gasteiger partial charge in [0.05, 0.1) is 11.6 Å². The van der Waals surface area contributed by atoms with Crippen LogP contribution in [0.15, 0.2) is 24.3 Å². The van der Waals surface area contributed by atoms with Crippen molar-refractivity contribution in [2.24, 2.45) is 0 Å². The van der Waals surface area contributed by atoms with Crippen molar-refractivity contribution in [1.82, 2.24) is 4.90 Å². The quantitative estimate of drug-likeness (QED) is 0.927. The molecule has 110 valence electrons. The highest BCUT2D eigenvalue weighted by atomic mass is 19.4. The number of ether oxygens (including phenoxy) is 1. The van der Waals surface area contributed by atoms with Crippen molar-refractivity contribution >= 4 is 6.09 Å². The lowest BCUT2D eigenvalue weighted by Gasteiger charge is -2.24. The Morgan fingerprint density at radius 3 is 2.70 bits per heavy atom. The van der Waals surface area contributed by atoms with Crippen LogP contribution in [0.1, 0.15) is 23.6 Å². The highest BCUT2D eigenvalue weighted by Crippen LogP contribution is 2.38. The molecule has 0 aliphatic carbocycles. The zero-order valence-electron chi connectivity index (χ0n) is 10.6. The average molecular weight is 289 g/mol. The maximum absolute atomic E-state index is 13.0. The molecule has 1 unspecified atom stereocenters. The molecule has 1 saturated heterocycles. The normalized spacial score (nSPS) is 19.3. The van der Waals surface area contributed by atoms with Crippen LogP contribution >= 0.6 is 0 Å². The Hall–Kier alpha value is -1.76. The predicted molar refractivity (Wildman–Crippen MR) is 63.9 cm³/mol. The van der Waals surface area contributed by atoms with Crippen molar-refractivity contribution in [3.8, 4) is 0 Å². The number of hydrogen-bond acceptors (Lipinski definition) is 3. The van der Waals surface area contributed by atoms with Gasteiger partial charge in [0.2, 0.25) is 0 Å². The van der Waals surface area contributed by atoms with Crippen molar-refractivity contribution < 1.29 is 27.8 Å². The lowest BCUT2D eigenvalue weighted by atomic mass is 9.99. The fourth-order valence-corrected chi connectivity index (χ4v) is 2.24. The Morgan fingerprint density at radius 1 is 1.35 bits per heavy atom. The van der Waals surface area contributed by atoms with Crippen molar-refractivity contribution in [3.63, 3.8) is 0 Å². The summed E-state index contributed by atoms with van der Waals surface area (Å²) in [7, 11) is 0. The van der Waals surface area contributed by atoms with Crippen LogP contribution in [-0.4, -0.2) is 35.9 Å². The van der Waals surface area contributed by atoms with Gasteiger partial charge in [-0.2, -0.15) is 13.2 Å². The molecule has 1 atom stereocenters. The second-order valence-electron chi connectivity index (χ2n) is 4.45. The Balaban J connectivity index is 2.33. The van der Waals surface area contributed by atoms with Crippen molar-refractivity contribution in [3.05, 3.63) is 35.4 Å². The molecule has 1 amide bonds. The molecule has 0 saturated carbocycles. The zero-order chi connectivity index (χ0) is 14.8. The van der Waals surface area contributed by atoms with E-state index >= 15 is 0 Å². The first-order chi connectivity index (χ1) is 9.45. The Morgan fingerprint density at radius 2 is 2.05 bits per heavy atom. The number of alkyl halides is 3. The van der Waals surface area contributed by atoms with Gasteiger partial charge in [0, 0.05) is 13.2 Å². The largest absolute Gasteiger partial charge is 0.447 e. The maximum atomic E-state index is 13.0. The van der Waals surface area contributed by atoms with Gasteiger partial charge in [-0.05, 0) is 18.1 Å². The maximum Gasteiger partial charge on any atom is 0.416 e. The first-order valence-electron chi connectivity index (χ1n) is 6.15. The van der Waals surface area contributed by atoms with Crippen LogP contribution in [0.2, 0.25) is 0 Å². The summed E-state index contributed by atoms with van der Waals surface area (Å²) in [6.45, 7) is -0.0963. The number of rotatable bonds is 4. The minimum absolute atomic E-state index is 0.0174. The summed E-state index contributed by atoms with van der Waals surface area (Å²) in [5.74, 6) is 0. The van der Waals surface area contributed by atoms with Gasteiger partial charge in [-0.3, -0.25) is 4.90 Å². The van der Waals surface area contributed by atoms with Crippen LogP contribution in [-0.2, 0) is 10.9 Å². The number of carbonyl (C=O) groups excluding carboxylic acids is 1. The minimum Gasteiger partial charge on any atom is -0.447 e. The Bertz CT molecular complexity index is 490. The van der Waals surface area contributed by atoms with Crippen LogP contribution < -0.4 is 0 Å². The molecule has 0 spiro atoms. The number of cyclic esters (lactones) is 1. The summed E-state index contributed by atoms with van der Waals surface area (Å²) in [5.41, 5.74) is -0.749. The van der Waals surface area contributed by atoms with Crippen LogP contribution in [0.5, 0.6) is 0 Å². The van der Waals surface area contributed by atoms with Crippen molar-refractivity contribution in [1.29, 1.82) is 0 Å². The van der Waals surface area contributed by atoms with Gasteiger partial charge in [0.15, 0.2) is 0 Å². The third-order valence-electron chi connectivity index (χ3n) is 3.16. The zero-order valence-corrected chi connectivity index (χ0v) is 10.6. The van der Waals surface area contributed by atoms with E-state index in [1.165, 1.54) is 23.1 Å². The van der Waals surface area contributed by atoms with Gasteiger partial charge in [0.1, 0.15) is 6.61 Å². The van der Waals surface area contributed by atoms with Gasteiger partial charge >= 0.3 is 12.3 Å². The molecule has 0 bridgehead atoms. The molecule has 1 aliphatic rings. The first-order valence-corrected chi connectivity index (χ1v) is 6.15. The number of halogens is 3. The molecule has 20 heavy (non-hydrogen) atoms. The third kappa shape index (κ3) is 2.87. The smallest absolute Gasteiger partial charge is 0.416 e. The Labute approximate surface area is 113 Å². The number of carbonyl (C=O) groups is 1. The molecular formula is C13H14F3NO3. The van der Waals surface area contributed by atoms with Crippen LogP contribution in [0.3, 0.4) is 0 Å². The molecule has 7 heteroatoms. The Kier molecular flexibility index (Phi) is 4.17. The SMILES string of the molecule is O=C1OCC(c2ccccc2C(F)(F)F)N1CCCO. The molecule has 1 heterocycles. The summed E-state index contributed by atoms with van der Waals surface area (Å²) in [5, 5.41) is 8.79. The topological polar surface area (TPSA) is 49.8 Å². The average Bonchev–Trinajstić information content (AvgIpc) is 2.76. The molecular weight excluding hydrogens is 275 g/mol. The van der Waals surface area contributed by atoms with E-state index in [2.05, 4.69) is 0 Å². The fourth-order valence-electron chi connectivity index (χ4n) is 2.24. The molecule has 0 radical (unpaired) electrons. The summed E-state index contributed by atoms with van der Waals surface area (Å²) >= 11 is 0. The van der Waals surface area contributed by atoms with Crippen LogP contribution in [0, 0.1) is 0 Å². The minimum atomic E-state index is -4.48. The number of amides is 1. The molecule has 4 nitrogen and oxygen atoms in total. The molecule has 2 rings (SSSR count).